The molecule has 100 valence electrons. The van der Waals surface area contributed by atoms with Crippen LogP contribution in [-0.4, -0.2) is 9.55 Å². The Kier molecular flexibility index (Phi) is 3.19. The van der Waals surface area contributed by atoms with Crippen molar-refractivity contribution in [2.24, 2.45) is 0 Å². The average molecular weight is 279 g/mol. The van der Waals surface area contributed by atoms with Crippen LogP contribution in [0.5, 0.6) is 0 Å². The Hall–Kier alpha value is -1.55. The fourth-order valence-corrected chi connectivity index (χ4v) is 3.11. The number of rotatable bonds is 1. The van der Waals surface area contributed by atoms with Crippen LogP contribution in [0.25, 0.3) is 10.9 Å². The summed E-state index contributed by atoms with van der Waals surface area (Å²) >= 11 is 6.02. The van der Waals surface area contributed by atoms with E-state index in [0.717, 1.165) is 25.7 Å². The quantitative estimate of drug-likeness (QED) is 0.872. The molecule has 2 aromatic rings. The molecule has 4 nitrogen and oxygen atoms in total. The third kappa shape index (κ3) is 2.10. The maximum atomic E-state index is 12.5. The molecule has 1 aliphatic rings. The third-order valence-electron chi connectivity index (χ3n) is 3.85. The number of para-hydroxylation sites is 1. The average Bonchev–Trinajstić information content (AvgIpc) is 2.41. The van der Waals surface area contributed by atoms with Gasteiger partial charge in [0.2, 0.25) is 0 Å². The Labute approximate surface area is 115 Å². The molecule has 1 N–H and O–H groups in total. The van der Waals surface area contributed by atoms with Gasteiger partial charge in [-0.15, -0.1) is 0 Å². The normalized spacial score (nSPS) is 16.9. The van der Waals surface area contributed by atoms with Crippen molar-refractivity contribution in [1.29, 1.82) is 0 Å². The summed E-state index contributed by atoms with van der Waals surface area (Å²) in [6.07, 6.45) is 5.13. The number of H-pyrrole nitrogens is 1. The van der Waals surface area contributed by atoms with Crippen molar-refractivity contribution in [3.05, 3.63) is 44.1 Å². The van der Waals surface area contributed by atoms with E-state index in [2.05, 4.69) is 4.98 Å². The lowest BCUT2D eigenvalue weighted by molar-refractivity contribution is 0.338. The topological polar surface area (TPSA) is 54.9 Å². The number of benzene rings is 1. The van der Waals surface area contributed by atoms with Gasteiger partial charge in [0.15, 0.2) is 0 Å². The highest BCUT2D eigenvalue weighted by Gasteiger charge is 2.20. The first kappa shape index (κ1) is 12.5. The summed E-state index contributed by atoms with van der Waals surface area (Å²) in [5.41, 5.74) is -0.142. The van der Waals surface area contributed by atoms with Crippen LogP contribution in [0.3, 0.4) is 0 Å². The van der Waals surface area contributed by atoms with Crippen molar-refractivity contribution in [3.63, 3.8) is 0 Å². The molecule has 1 aliphatic carbocycles. The molecule has 0 amide bonds. The van der Waals surface area contributed by atoms with Gasteiger partial charge in [-0.2, -0.15) is 0 Å². The second kappa shape index (κ2) is 4.85. The third-order valence-corrected chi connectivity index (χ3v) is 4.17. The molecule has 1 aromatic heterocycles. The van der Waals surface area contributed by atoms with Crippen LogP contribution in [0, 0.1) is 0 Å². The second-order valence-electron chi connectivity index (χ2n) is 5.06. The number of aromatic nitrogens is 2. The smallest absolute Gasteiger partial charge is 0.305 e. The van der Waals surface area contributed by atoms with Gasteiger partial charge in [0.25, 0.3) is 5.56 Å². The van der Waals surface area contributed by atoms with Crippen molar-refractivity contribution < 1.29 is 0 Å². The Morgan fingerprint density at radius 3 is 2.63 bits per heavy atom. The molecule has 1 heterocycles. The molecule has 0 unspecified atom stereocenters. The van der Waals surface area contributed by atoms with E-state index in [0.29, 0.717) is 15.9 Å². The monoisotopic (exact) mass is 278 g/mol. The zero-order valence-corrected chi connectivity index (χ0v) is 11.2. The number of hydrogen-bond acceptors (Lipinski definition) is 2. The summed E-state index contributed by atoms with van der Waals surface area (Å²) in [7, 11) is 0. The summed E-state index contributed by atoms with van der Waals surface area (Å²) in [5, 5.41) is 0.889. The molecule has 3 rings (SSSR count). The van der Waals surface area contributed by atoms with Gasteiger partial charge in [-0.1, -0.05) is 36.9 Å². The molecular formula is C14H15ClN2O2. The minimum absolute atomic E-state index is 0.0216. The molecule has 1 fully saturated rings. The maximum absolute atomic E-state index is 12.5. The van der Waals surface area contributed by atoms with E-state index < -0.39 is 0 Å². The van der Waals surface area contributed by atoms with Crippen LogP contribution in [0.15, 0.2) is 27.8 Å². The SMILES string of the molecule is O=c1[nH]c2c(Cl)cccc2c(=O)n1C1CCCCC1. The van der Waals surface area contributed by atoms with Crippen molar-refractivity contribution in [3.8, 4) is 0 Å². The van der Waals surface area contributed by atoms with Crippen molar-refractivity contribution in [1.82, 2.24) is 9.55 Å². The Balaban J connectivity index is 2.26. The van der Waals surface area contributed by atoms with E-state index in [1.165, 1.54) is 11.0 Å². The molecule has 0 radical (unpaired) electrons. The van der Waals surface area contributed by atoms with E-state index in [1.807, 2.05) is 0 Å². The van der Waals surface area contributed by atoms with Gasteiger partial charge in [-0.3, -0.25) is 9.36 Å². The lowest BCUT2D eigenvalue weighted by Gasteiger charge is -2.23. The van der Waals surface area contributed by atoms with Gasteiger partial charge in [-0.25, -0.2) is 4.79 Å². The van der Waals surface area contributed by atoms with Gasteiger partial charge in [0.05, 0.1) is 15.9 Å². The highest BCUT2D eigenvalue weighted by Crippen LogP contribution is 2.26. The summed E-state index contributed by atoms with van der Waals surface area (Å²) in [6, 6.07) is 5.13. The fourth-order valence-electron chi connectivity index (χ4n) is 2.89. The second-order valence-corrected chi connectivity index (χ2v) is 5.47. The van der Waals surface area contributed by atoms with Gasteiger partial charge in [-0.05, 0) is 25.0 Å². The van der Waals surface area contributed by atoms with Crippen LogP contribution in [0.1, 0.15) is 38.1 Å². The number of hydrogen-bond donors (Lipinski definition) is 1. The van der Waals surface area contributed by atoms with E-state index in [1.54, 1.807) is 18.2 Å². The lowest BCUT2D eigenvalue weighted by atomic mass is 9.95. The largest absolute Gasteiger partial charge is 0.329 e. The Morgan fingerprint density at radius 1 is 1.16 bits per heavy atom. The molecular weight excluding hydrogens is 264 g/mol. The molecule has 5 heteroatoms. The lowest BCUT2D eigenvalue weighted by Crippen LogP contribution is -2.38. The first-order chi connectivity index (χ1) is 9.18. The van der Waals surface area contributed by atoms with Crippen molar-refractivity contribution >= 4 is 22.5 Å². The predicted octanol–water partition coefficient (Wildman–Crippen LogP) is 2.85. The Bertz CT molecular complexity index is 726. The van der Waals surface area contributed by atoms with E-state index in [9.17, 15) is 9.59 Å². The van der Waals surface area contributed by atoms with Crippen molar-refractivity contribution in [2.45, 2.75) is 38.1 Å². The maximum Gasteiger partial charge on any atom is 0.329 e. The number of fused-ring (bicyclic) bond motifs is 1. The summed E-state index contributed by atoms with van der Waals surface area (Å²) < 4.78 is 1.37. The molecule has 0 atom stereocenters. The van der Waals surface area contributed by atoms with Crippen LogP contribution in [0.2, 0.25) is 5.02 Å². The fraction of sp³-hybridized carbons (Fsp3) is 0.429. The zero-order valence-electron chi connectivity index (χ0n) is 10.5. The van der Waals surface area contributed by atoms with Crippen LogP contribution in [-0.2, 0) is 0 Å². The van der Waals surface area contributed by atoms with Gasteiger partial charge >= 0.3 is 5.69 Å². The molecule has 1 aromatic carbocycles. The number of nitrogens with zero attached hydrogens (tertiary/aromatic N) is 1. The molecule has 0 saturated heterocycles. The van der Waals surface area contributed by atoms with Crippen LogP contribution < -0.4 is 11.2 Å². The summed E-state index contributed by atoms with van der Waals surface area (Å²) in [4.78, 5) is 27.4. The summed E-state index contributed by atoms with van der Waals surface area (Å²) in [5.74, 6) is 0. The standard InChI is InChI=1S/C14H15ClN2O2/c15-11-8-4-7-10-12(11)16-14(19)17(13(10)18)9-5-2-1-3-6-9/h4,7-9H,1-3,5-6H2,(H,16,19). The Morgan fingerprint density at radius 2 is 1.89 bits per heavy atom. The highest BCUT2D eigenvalue weighted by atomic mass is 35.5. The molecule has 19 heavy (non-hydrogen) atoms. The zero-order chi connectivity index (χ0) is 13.4. The molecule has 0 spiro atoms. The number of nitrogens with one attached hydrogen (secondary N) is 1. The van der Waals surface area contributed by atoms with E-state index >= 15 is 0 Å². The predicted molar refractivity (Wildman–Crippen MR) is 76.0 cm³/mol. The number of aromatic amines is 1. The molecule has 0 aliphatic heterocycles. The van der Waals surface area contributed by atoms with Gasteiger partial charge < -0.3 is 4.98 Å². The first-order valence-electron chi connectivity index (χ1n) is 6.61. The number of halogens is 1. The minimum atomic E-state index is -0.350. The van der Waals surface area contributed by atoms with Crippen LogP contribution in [0.4, 0.5) is 0 Å². The minimum Gasteiger partial charge on any atom is -0.305 e. The van der Waals surface area contributed by atoms with Crippen LogP contribution >= 0.6 is 11.6 Å². The molecule has 1 saturated carbocycles. The van der Waals surface area contributed by atoms with Gasteiger partial charge in [0, 0.05) is 6.04 Å². The van der Waals surface area contributed by atoms with E-state index in [4.69, 9.17) is 11.6 Å². The highest BCUT2D eigenvalue weighted by molar-refractivity contribution is 6.34. The van der Waals surface area contributed by atoms with E-state index in [-0.39, 0.29) is 17.3 Å². The van der Waals surface area contributed by atoms with Gasteiger partial charge in [0.1, 0.15) is 0 Å². The molecule has 0 bridgehead atoms. The first-order valence-corrected chi connectivity index (χ1v) is 6.99. The summed E-state index contributed by atoms with van der Waals surface area (Å²) in [6.45, 7) is 0. The van der Waals surface area contributed by atoms with Crippen molar-refractivity contribution in [2.75, 3.05) is 0 Å².